The topological polar surface area (TPSA) is 40.5 Å². The molecule has 1 N–H and O–H groups in total. The van der Waals surface area contributed by atoms with Crippen LogP contribution in [0, 0.1) is 6.92 Å². The Morgan fingerprint density at radius 2 is 2.17 bits per heavy atom. The maximum atomic E-state index is 10.4. The van der Waals surface area contributed by atoms with Crippen molar-refractivity contribution in [2.24, 2.45) is 0 Å². The highest BCUT2D eigenvalue weighted by Crippen LogP contribution is 2.21. The van der Waals surface area contributed by atoms with Gasteiger partial charge in [0, 0.05) is 12.7 Å². The van der Waals surface area contributed by atoms with E-state index in [1.807, 2.05) is 6.92 Å². The summed E-state index contributed by atoms with van der Waals surface area (Å²) in [5.41, 5.74) is 1.69. The number of rotatable bonds is 2. The summed E-state index contributed by atoms with van der Waals surface area (Å²) in [5.74, 6) is 0.218. The van der Waals surface area contributed by atoms with Crippen LogP contribution in [0.1, 0.15) is 5.56 Å². The van der Waals surface area contributed by atoms with Crippen LogP contribution in [0.3, 0.4) is 0 Å². The van der Waals surface area contributed by atoms with Gasteiger partial charge in [-0.1, -0.05) is 0 Å². The van der Waals surface area contributed by atoms with Gasteiger partial charge in [0.1, 0.15) is 5.75 Å². The summed E-state index contributed by atoms with van der Waals surface area (Å²) in [4.78, 5) is 11.9. The second-order valence-electron chi connectivity index (χ2n) is 2.69. The van der Waals surface area contributed by atoms with E-state index in [0.717, 1.165) is 17.7 Å². The average Bonchev–Trinajstić information content (AvgIpc) is 2.03. The van der Waals surface area contributed by atoms with E-state index in [1.54, 1.807) is 25.2 Å². The number of phenols is 1. The van der Waals surface area contributed by atoms with E-state index in [9.17, 15) is 4.79 Å². The first kappa shape index (κ1) is 8.59. The Morgan fingerprint density at radius 3 is 2.67 bits per heavy atom. The van der Waals surface area contributed by atoms with Crippen molar-refractivity contribution in [2.75, 3.05) is 11.9 Å². The molecule has 0 spiro atoms. The Kier molecular flexibility index (Phi) is 2.33. The maximum Gasteiger partial charge on any atom is 0.213 e. The third-order valence-electron chi connectivity index (χ3n) is 1.72. The lowest BCUT2D eigenvalue weighted by atomic mass is 10.2. The lowest BCUT2D eigenvalue weighted by Gasteiger charge is -2.13. The second kappa shape index (κ2) is 3.26. The molecular weight excluding hydrogens is 154 g/mol. The van der Waals surface area contributed by atoms with Gasteiger partial charge in [-0.25, -0.2) is 0 Å². The summed E-state index contributed by atoms with van der Waals surface area (Å²) >= 11 is 0. The molecule has 0 radical (unpaired) electrons. The Labute approximate surface area is 71.2 Å². The Balaban J connectivity index is 3.09. The van der Waals surface area contributed by atoms with Crippen LogP contribution < -0.4 is 4.90 Å². The standard InChI is InChI=1S/C9H11NO2/c1-7-5-8(12)3-4-9(7)10(2)6-11/h3-6,12H,1-2H3. The van der Waals surface area contributed by atoms with Gasteiger partial charge < -0.3 is 10.0 Å². The number of aryl methyl sites for hydroxylation is 1. The predicted molar refractivity (Wildman–Crippen MR) is 47.3 cm³/mol. The third-order valence-corrected chi connectivity index (χ3v) is 1.72. The van der Waals surface area contributed by atoms with Crippen LogP contribution in [-0.4, -0.2) is 18.6 Å². The summed E-state index contributed by atoms with van der Waals surface area (Å²) in [6.07, 6.45) is 0.735. The molecule has 3 nitrogen and oxygen atoms in total. The van der Waals surface area contributed by atoms with Crippen molar-refractivity contribution in [3.63, 3.8) is 0 Å². The highest BCUT2D eigenvalue weighted by Gasteiger charge is 2.02. The van der Waals surface area contributed by atoms with E-state index in [1.165, 1.54) is 4.90 Å². The summed E-state index contributed by atoms with van der Waals surface area (Å²) in [6.45, 7) is 1.84. The van der Waals surface area contributed by atoms with Crippen LogP contribution in [0.25, 0.3) is 0 Å². The van der Waals surface area contributed by atoms with Gasteiger partial charge >= 0.3 is 0 Å². The lowest BCUT2D eigenvalue weighted by molar-refractivity contribution is -0.107. The average molecular weight is 165 g/mol. The van der Waals surface area contributed by atoms with E-state index in [4.69, 9.17) is 5.11 Å². The number of nitrogens with zero attached hydrogens (tertiary/aromatic N) is 1. The third kappa shape index (κ3) is 1.56. The van der Waals surface area contributed by atoms with E-state index < -0.39 is 0 Å². The molecule has 64 valence electrons. The molecule has 0 aliphatic carbocycles. The van der Waals surface area contributed by atoms with Crippen LogP contribution in [0.5, 0.6) is 5.75 Å². The van der Waals surface area contributed by atoms with Crippen LogP contribution in [-0.2, 0) is 4.79 Å². The molecule has 0 aliphatic rings. The molecule has 0 bridgehead atoms. The van der Waals surface area contributed by atoms with Gasteiger partial charge in [-0.05, 0) is 30.7 Å². The van der Waals surface area contributed by atoms with Crippen molar-refractivity contribution < 1.29 is 9.90 Å². The van der Waals surface area contributed by atoms with E-state index in [-0.39, 0.29) is 5.75 Å². The molecular formula is C9H11NO2. The quantitative estimate of drug-likeness (QED) is 0.671. The fourth-order valence-corrected chi connectivity index (χ4v) is 1.09. The minimum atomic E-state index is 0.218. The molecule has 0 heterocycles. The lowest BCUT2D eigenvalue weighted by Crippen LogP contribution is -2.14. The van der Waals surface area contributed by atoms with Crippen molar-refractivity contribution in [2.45, 2.75) is 6.92 Å². The van der Waals surface area contributed by atoms with E-state index in [2.05, 4.69) is 0 Å². The molecule has 1 aromatic rings. The zero-order chi connectivity index (χ0) is 9.14. The predicted octanol–water partition coefficient (Wildman–Crippen LogP) is 1.29. The Bertz CT molecular complexity index is 297. The SMILES string of the molecule is Cc1cc(O)ccc1N(C)C=O. The number of carbonyl (C=O) groups is 1. The number of benzene rings is 1. The fourth-order valence-electron chi connectivity index (χ4n) is 1.09. The molecule has 1 amide bonds. The molecule has 3 heteroatoms. The summed E-state index contributed by atoms with van der Waals surface area (Å²) in [6, 6.07) is 4.89. The minimum absolute atomic E-state index is 0.218. The highest BCUT2D eigenvalue weighted by atomic mass is 16.3. The van der Waals surface area contributed by atoms with Gasteiger partial charge in [-0.3, -0.25) is 4.79 Å². The van der Waals surface area contributed by atoms with Crippen LogP contribution in [0.2, 0.25) is 0 Å². The van der Waals surface area contributed by atoms with Crippen LogP contribution >= 0.6 is 0 Å². The first-order chi connectivity index (χ1) is 5.65. The fraction of sp³-hybridized carbons (Fsp3) is 0.222. The zero-order valence-corrected chi connectivity index (χ0v) is 7.11. The van der Waals surface area contributed by atoms with E-state index in [0.29, 0.717) is 0 Å². The molecule has 0 aromatic heterocycles. The summed E-state index contributed by atoms with van der Waals surface area (Å²) in [5, 5.41) is 9.09. The molecule has 1 aromatic carbocycles. The highest BCUT2D eigenvalue weighted by molar-refractivity contribution is 5.76. The largest absolute Gasteiger partial charge is 0.508 e. The van der Waals surface area contributed by atoms with Crippen molar-refractivity contribution in [3.8, 4) is 5.75 Å². The van der Waals surface area contributed by atoms with Crippen molar-refractivity contribution in [1.82, 2.24) is 0 Å². The molecule has 0 fully saturated rings. The molecule has 0 unspecified atom stereocenters. The number of phenolic OH excluding ortho intramolecular Hbond substituents is 1. The molecule has 0 aliphatic heterocycles. The number of hydrogen-bond donors (Lipinski definition) is 1. The molecule has 0 atom stereocenters. The van der Waals surface area contributed by atoms with Crippen molar-refractivity contribution in [1.29, 1.82) is 0 Å². The van der Waals surface area contributed by atoms with Crippen molar-refractivity contribution in [3.05, 3.63) is 23.8 Å². The Hall–Kier alpha value is -1.51. The summed E-state index contributed by atoms with van der Waals surface area (Å²) in [7, 11) is 1.67. The normalized spacial score (nSPS) is 9.50. The van der Waals surface area contributed by atoms with Crippen molar-refractivity contribution >= 4 is 12.1 Å². The minimum Gasteiger partial charge on any atom is -0.508 e. The van der Waals surface area contributed by atoms with Gasteiger partial charge in [0.2, 0.25) is 6.41 Å². The molecule has 12 heavy (non-hydrogen) atoms. The maximum absolute atomic E-state index is 10.4. The van der Waals surface area contributed by atoms with Gasteiger partial charge in [0.25, 0.3) is 0 Å². The number of amides is 1. The number of hydrogen-bond acceptors (Lipinski definition) is 2. The monoisotopic (exact) mass is 165 g/mol. The van der Waals surface area contributed by atoms with Gasteiger partial charge in [-0.2, -0.15) is 0 Å². The van der Waals surface area contributed by atoms with Crippen LogP contribution in [0.15, 0.2) is 18.2 Å². The zero-order valence-electron chi connectivity index (χ0n) is 7.11. The van der Waals surface area contributed by atoms with Crippen LogP contribution in [0.4, 0.5) is 5.69 Å². The molecule has 0 saturated carbocycles. The molecule has 1 rings (SSSR count). The summed E-state index contributed by atoms with van der Waals surface area (Å²) < 4.78 is 0. The number of carbonyl (C=O) groups excluding carboxylic acids is 1. The smallest absolute Gasteiger partial charge is 0.213 e. The first-order valence-electron chi connectivity index (χ1n) is 3.63. The second-order valence-corrected chi connectivity index (χ2v) is 2.69. The van der Waals surface area contributed by atoms with E-state index >= 15 is 0 Å². The van der Waals surface area contributed by atoms with Gasteiger partial charge in [0.05, 0.1) is 0 Å². The number of anilines is 1. The molecule has 0 saturated heterocycles. The first-order valence-corrected chi connectivity index (χ1v) is 3.63. The Morgan fingerprint density at radius 1 is 1.50 bits per heavy atom. The van der Waals surface area contributed by atoms with Gasteiger partial charge in [-0.15, -0.1) is 0 Å². The van der Waals surface area contributed by atoms with Gasteiger partial charge in [0.15, 0.2) is 0 Å². The number of aromatic hydroxyl groups is 1.